The Bertz CT molecular complexity index is 448. The van der Waals surface area contributed by atoms with Gasteiger partial charge in [0.25, 0.3) is 0 Å². The maximum absolute atomic E-state index is 12.2. The van der Waals surface area contributed by atoms with Crippen LogP contribution in [0.4, 0.5) is 24.7 Å². The van der Waals surface area contributed by atoms with Crippen molar-refractivity contribution < 1.29 is 22.7 Å². The van der Waals surface area contributed by atoms with E-state index in [2.05, 4.69) is 9.72 Å². The molecule has 0 atom stereocenters. The molecule has 0 aliphatic heterocycles. The SMILES string of the molecule is COC(=O)c1ccc(N)c(N(C)CC(F)(F)F)n1. The molecule has 5 nitrogen and oxygen atoms in total. The first-order chi connectivity index (χ1) is 8.24. The standard InChI is InChI=1S/C10H12F3N3O2/c1-16(5-10(11,12)13)8-6(14)3-4-7(15-8)9(17)18-2/h3-4H,5,14H2,1-2H3. The second-order valence-corrected chi connectivity index (χ2v) is 3.57. The number of pyridine rings is 1. The third kappa shape index (κ3) is 3.51. The minimum Gasteiger partial charge on any atom is -0.464 e. The molecule has 2 N–H and O–H groups in total. The van der Waals surface area contributed by atoms with Crippen molar-refractivity contribution in [3.8, 4) is 0 Å². The number of hydrogen-bond donors (Lipinski definition) is 1. The number of ether oxygens (including phenoxy) is 1. The first-order valence-electron chi connectivity index (χ1n) is 4.87. The molecule has 1 aromatic heterocycles. The molecule has 0 unspecified atom stereocenters. The van der Waals surface area contributed by atoms with E-state index in [1.807, 2.05) is 0 Å². The summed E-state index contributed by atoms with van der Waals surface area (Å²) in [5.41, 5.74) is 5.48. The third-order valence-electron chi connectivity index (χ3n) is 2.08. The Hall–Kier alpha value is -1.99. The van der Waals surface area contributed by atoms with Crippen LogP contribution in [0.15, 0.2) is 12.1 Å². The van der Waals surface area contributed by atoms with Crippen molar-refractivity contribution in [1.82, 2.24) is 4.98 Å². The number of nitrogens with zero attached hydrogens (tertiary/aromatic N) is 2. The molecule has 0 amide bonds. The Morgan fingerprint density at radius 3 is 2.61 bits per heavy atom. The van der Waals surface area contributed by atoms with E-state index in [1.165, 1.54) is 19.2 Å². The maximum atomic E-state index is 12.2. The lowest BCUT2D eigenvalue weighted by atomic mass is 10.3. The lowest BCUT2D eigenvalue weighted by molar-refractivity contribution is -0.119. The van der Waals surface area contributed by atoms with Gasteiger partial charge in [-0.15, -0.1) is 0 Å². The highest BCUT2D eigenvalue weighted by atomic mass is 19.4. The van der Waals surface area contributed by atoms with E-state index >= 15 is 0 Å². The lowest BCUT2D eigenvalue weighted by Crippen LogP contribution is -2.32. The predicted octanol–water partition coefficient (Wildman–Crippen LogP) is 1.45. The van der Waals surface area contributed by atoms with Crippen LogP contribution in [0.25, 0.3) is 0 Å². The van der Waals surface area contributed by atoms with E-state index in [0.717, 1.165) is 12.0 Å². The second kappa shape index (κ2) is 5.11. The number of carbonyl (C=O) groups excluding carboxylic acids is 1. The Labute approximate surface area is 101 Å². The Balaban J connectivity index is 3.04. The number of carbonyl (C=O) groups is 1. The summed E-state index contributed by atoms with van der Waals surface area (Å²) in [6.07, 6.45) is -4.38. The zero-order chi connectivity index (χ0) is 13.9. The van der Waals surface area contributed by atoms with Gasteiger partial charge in [0.15, 0.2) is 11.5 Å². The minimum atomic E-state index is -4.38. The molecule has 0 aliphatic rings. The maximum Gasteiger partial charge on any atom is 0.405 e. The van der Waals surface area contributed by atoms with Crippen molar-refractivity contribution >= 4 is 17.5 Å². The number of methoxy groups -OCH3 is 1. The molecule has 0 saturated carbocycles. The summed E-state index contributed by atoms with van der Waals surface area (Å²) in [6, 6.07) is 2.59. The fourth-order valence-electron chi connectivity index (χ4n) is 1.33. The molecule has 0 fully saturated rings. The van der Waals surface area contributed by atoms with Crippen LogP contribution >= 0.6 is 0 Å². The van der Waals surface area contributed by atoms with Gasteiger partial charge in [0.2, 0.25) is 0 Å². The van der Waals surface area contributed by atoms with Crippen molar-refractivity contribution in [2.45, 2.75) is 6.18 Å². The summed E-state index contributed by atoms with van der Waals surface area (Å²) in [7, 11) is 2.34. The van der Waals surface area contributed by atoms with Gasteiger partial charge >= 0.3 is 12.1 Å². The van der Waals surface area contributed by atoms with Gasteiger partial charge in [0.1, 0.15) is 6.54 Å². The molecule has 0 radical (unpaired) electrons. The molecule has 100 valence electrons. The van der Waals surface area contributed by atoms with Crippen molar-refractivity contribution in [1.29, 1.82) is 0 Å². The van der Waals surface area contributed by atoms with Crippen molar-refractivity contribution in [3.05, 3.63) is 17.8 Å². The molecular weight excluding hydrogens is 251 g/mol. The van der Waals surface area contributed by atoms with E-state index < -0.39 is 18.7 Å². The molecule has 0 aliphatic carbocycles. The molecule has 0 bridgehead atoms. The highest BCUT2D eigenvalue weighted by molar-refractivity contribution is 5.88. The van der Waals surface area contributed by atoms with Gasteiger partial charge < -0.3 is 15.4 Å². The molecular formula is C10H12F3N3O2. The zero-order valence-corrected chi connectivity index (χ0v) is 9.78. The summed E-state index contributed by atoms with van der Waals surface area (Å²) < 4.78 is 41.2. The van der Waals surface area contributed by atoms with Gasteiger partial charge in [-0.2, -0.15) is 13.2 Å². The van der Waals surface area contributed by atoms with E-state index in [-0.39, 0.29) is 17.2 Å². The minimum absolute atomic E-state index is 0.0504. The van der Waals surface area contributed by atoms with E-state index in [9.17, 15) is 18.0 Å². The van der Waals surface area contributed by atoms with Crippen molar-refractivity contribution in [2.24, 2.45) is 0 Å². The van der Waals surface area contributed by atoms with Crippen LogP contribution < -0.4 is 10.6 Å². The molecule has 1 rings (SSSR count). The number of alkyl halides is 3. The molecule has 8 heteroatoms. The van der Waals surface area contributed by atoms with Crippen LogP contribution in [0.2, 0.25) is 0 Å². The highest BCUT2D eigenvalue weighted by Gasteiger charge is 2.30. The van der Waals surface area contributed by atoms with Gasteiger partial charge in [-0.25, -0.2) is 9.78 Å². The average Bonchev–Trinajstić information content (AvgIpc) is 2.26. The van der Waals surface area contributed by atoms with Crippen LogP contribution in [0.3, 0.4) is 0 Å². The molecule has 0 spiro atoms. The number of anilines is 2. The summed E-state index contributed by atoms with van der Waals surface area (Å²) >= 11 is 0. The van der Waals surface area contributed by atoms with Crippen molar-refractivity contribution in [3.63, 3.8) is 0 Å². The molecule has 1 aromatic rings. The van der Waals surface area contributed by atoms with Gasteiger partial charge in [-0.05, 0) is 12.1 Å². The number of aromatic nitrogens is 1. The topological polar surface area (TPSA) is 68.5 Å². The molecule has 18 heavy (non-hydrogen) atoms. The Morgan fingerprint density at radius 2 is 2.11 bits per heavy atom. The summed E-state index contributed by atoms with van der Waals surface area (Å²) in [5, 5.41) is 0. The predicted molar refractivity (Wildman–Crippen MR) is 59.3 cm³/mol. The fraction of sp³-hybridized carbons (Fsp3) is 0.400. The van der Waals surface area contributed by atoms with Crippen LogP contribution in [0, 0.1) is 0 Å². The van der Waals surface area contributed by atoms with Crippen LogP contribution in [0.1, 0.15) is 10.5 Å². The average molecular weight is 263 g/mol. The van der Waals surface area contributed by atoms with Crippen LogP contribution in [-0.2, 0) is 4.74 Å². The van der Waals surface area contributed by atoms with E-state index in [0.29, 0.717) is 0 Å². The number of esters is 1. The second-order valence-electron chi connectivity index (χ2n) is 3.57. The van der Waals surface area contributed by atoms with Gasteiger partial charge in [-0.3, -0.25) is 0 Å². The quantitative estimate of drug-likeness (QED) is 0.836. The van der Waals surface area contributed by atoms with Gasteiger partial charge in [0, 0.05) is 7.05 Å². The lowest BCUT2D eigenvalue weighted by Gasteiger charge is -2.21. The number of halogens is 3. The zero-order valence-electron chi connectivity index (χ0n) is 9.78. The van der Waals surface area contributed by atoms with E-state index in [1.54, 1.807) is 0 Å². The number of rotatable bonds is 3. The Morgan fingerprint density at radius 1 is 1.50 bits per heavy atom. The van der Waals surface area contributed by atoms with E-state index in [4.69, 9.17) is 5.73 Å². The first kappa shape index (κ1) is 14.1. The van der Waals surface area contributed by atoms with Crippen LogP contribution in [-0.4, -0.2) is 37.8 Å². The fourth-order valence-corrected chi connectivity index (χ4v) is 1.33. The summed E-state index contributed by atoms with van der Waals surface area (Å²) in [4.78, 5) is 15.8. The monoisotopic (exact) mass is 263 g/mol. The number of nitrogen functional groups attached to an aromatic ring is 1. The van der Waals surface area contributed by atoms with Gasteiger partial charge in [-0.1, -0.05) is 0 Å². The van der Waals surface area contributed by atoms with Crippen LogP contribution in [0.5, 0.6) is 0 Å². The molecule has 1 heterocycles. The third-order valence-corrected chi connectivity index (χ3v) is 2.08. The first-order valence-corrected chi connectivity index (χ1v) is 4.87. The Kier molecular flexibility index (Phi) is 4.00. The molecule has 0 aromatic carbocycles. The highest BCUT2D eigenvalue weighted by Crippen LogP contribution is 2.24. The normalized spacial score (nSPS) is 11.2. The number of nitrogens with two attached hydrogens (primary N) is 1. The largest absolute Gasteiger partial charge is 0.464 e. The summed E-state index contributed by atoms with van der Waals surface area (Å²) in [5.74, 6) is -0.855. The summed E-state index contributed by atoms with van der Waals surface area (Å²) in [6.45, 7) is -1.21. The smallest absolute Gasteiger partial charge is 0.405 e. The molecule has 0 saturated heterocycles. The van der Waals surface area contributed by atoms with Crippen molar-refractivity contribution in [2.75, 3.05) is 31.3 Å². The number of hydrogen-bond acceptors (Lipinski definition) is 5. The van der Waals surface area contributed by atoms with Gasteiger partial charge in [0.05, 0.1) is 12.8 Å².